The highest BCUT2D eigenvalue weighted by atomic mass is 16.5. The fourth-order valence-electron chi connectivity index (χ4n) is 4.11. The van der Waals surface area contributed by atoms with Crippen molar-refractivity contribution in [3.05, 3.63) is 53.6 Å². The summed E-state index contributed by atoms with van der Waals surface area (Å²) in [4.78, 5) is 14.1. The van der Waals surface area contributed by atoms with Gasteiger partial charge in [0.15, 0.2) is 0 Å². The maximum Gasteiger partial charge on any atom is 0.320 e. The molecule has 0 spiro atoms. The number of nitrogens with zero attached hydrogens (tertiary/aromatic N) is 1. The topological polar surface area (TPSA) is 68.2 Å². The summed E-state index contributed by atoms with van der Waals surface area (Å²) in [6.45, 7) is 3.23. The van der Waals surface area contributed by atoms with Crippen LogP contribution < -0.4 is 14.2 Å². The van der Waals surface area contributed by atoms with Crippen molar-refractivity contribution >= 4 is 5.97 Å². The monoisotopic (exact) mass is 399 g/mol. The van der Waals surface area contributed by atoms with E-state index >= 15 is 0 Å². The van der Waals surface area contributed by atoms with Gasteiger partial charge in [-0.15, -0.1) is 0 Å². The van der Waals surface area contributed by atoms with Gasteiger partial charge in [-0.2, -0.15) is 0 Å². The van der Waals surface area contributed by atoms with Crippen molar-refractivity contribution in [2.75, 3.05) is 27.4 Å². The minimum Gasteiger partial charge on any atom is -0.496 e. The van der Waals surface area contributed by atoms with E-state index in [4.69, 9.17) is 14.2 Å². The van der Waals surface area contributed by atoms with Gasteiger partial charge in [-0.3, -0.25) is 9.69 Å². The average Bonchev–Trinajstić information content (AvgIpc) is 2.75. The zero-order chi connectivity index (χ0) is 20.8. The summed E-state index contributed by atoms with van der Waals surface area (Å²) >= 11 is 0. The average molecular weight is 399 g/mol. The zero-order valence-corrected chi connectivity index (χ0v) is 17.3. The van der Waals surface area contributed by atoms with Gasteiger partial charge in [0.05, 0.1) is 32.4 Å². The molecule has 1 saturated heterocycles. The molecule has 29 heavy (non-hydrogen) atoms. The van der Waals surface area contributed by atoms with Crippen molar-refractivity contribution < 1.29 is 24.1 Å². The van der Waals surface area contributed by atoms with Crippen molar-refractivity contribution in [2.24, 2.45) is 0 Å². The molecule has 0 radical (unpaired) electrons. The van der Waals surface area contributed by atoms with Gasteiger partial charge in [0.2, 0.25) is 0 Å². The first-order valence-electron chi connectivity index (χ1n) is 10.0. The van der Waals surface area contributed by atoms with Gasteiger partial charge in [-0.05, 0) is 56.1 Å². The summed E-state index contributed by atoms with van der Waals surface area (Å²) in [7, 11) is 3.25. The standard InChI is InChI=1S/C23H29NO5/c1-4-29-17-13-11-16(12-14-17)22(24-15-6-5-8-18(24)23(25)26)21-19(27-2)9-7-10-20(21)28-3/h7,9-14,18,22H,4-6,8,15H2,1-3H3,(H,25,26). The Hall–Kier alpha value is -2.73. The molecule has 2 aromatic carbocycles. The van der Waals surface area contributed by atoms with Crippen LogP contribution in [0.4, 0.5) is 0 Å². The molecular weight excluding hydrogens is 370 g/mol. The number of ether oxygens (including phenoxy) is 3. The Labute approximate surface area is 172 Å². The van der Waals surface area contributed by atoms with Crippen LogP contribution in [0.1, 0.15) is 43.4 Å². The lowest BCUT2D eigenvalue weighted by molar-refractivity contribution is -0.145. The van der Waals surface area contributed by atoms with E-state index in [0.717, 1.165) is 29.7 Å². The molecule has 1 N–H and O–H groups in total. The van der Waals surface area contributed by atoms with Crippen LogP contribution in [-0.4, -0.2) is 49.4 Å². The third-order valence-electron chi connectivity index (χ3n) is 5.41. The first-order valence-corrected chi connectivity index (χ1v) is 10.0. The maximum absolute atomic E-state index is 12.1. The number of aliphatic carboxylic acids is 1. The van der Waals surface area contributed by atoms with Crippen LogP contribution in [0, 0.1) is 0 Å². The molecule has 0 aromatic heterocycles. The Morgan fingerprint density at radius 3 is 2.31 bits per heavy atom. The summed E-state index contributed by atoms with van der Waals surface area (Å²) in [6, 6.07) is 12.6. The molecule has 1 heterocycles. The Morgan fingerprint density at radius 1 is 1.10 bits per heavy atom. The van der Waals surface area contributed by atoms with E-state index in [2.05, 4.69) is 4.90 Å². The first kappa shape index (κ1) is 21.0. The molecule has 2 atom stereocenters. The molecule has 1 aliphatic heterocycles. The van der Waals surface area contributed by atoms with E-state index in [1.165, 1.54) is 0 Å². The van der Waals surface area contributed by atoms with Gasteiger partial charge in [0, 0.05) is 0 Å². The highest BCUT2D eigenvalue weighted by Crippen LogP contribution is 2.43. The molecule has 1 aliphatic rings. The number of carboxylic acid groups (broad SMARTS) is 1. The minimum atomic E-state index is -0.797. The second kappa shape index (κ2) is 9.65. The molecule has 6 heteroatoms. The summed E-state index contributed by atoms with van der Waals surface area (Å²) in [5.74, 6) is 1.35. The van der Waals surface area contributed by atoms with Crippen LogP contribution in [0.2, 0.25) is 0 Å². The van der Waals surface area contributed by atoms with E-state index in [9.17, 15) is 9.90 Å². The van der Waals surface area contributed by atoms with Gasteiger partial charge in [-0.1, -0.05) is 24.6 Å². The second-order valence-corrected chi connectivity index (χ2v) is 7.07. The van der Waals surface area contributed by atoms with Crippen molar-refractivity contribution in [3.8, 4) is 17.2 Å². The summed E-state index contributed by atoms with van der Waals surface area (Å²) in [5, 5.41) is 9.89. The summed E-state index contributed by atoms with van der Waals surface area (Å²) in [5.41, 5.74) is 1.82. The van der Waals surface area contributed by atoms with E-state index in [-0.39, 0.29) is 6.04 Å². The van der Waals surface area contributed by atoms with E-state index in [0.29, 0.717) is 31.1 Å². The molecule has 0 aliphatic carbocycles. The van der Waals surface area contributed by atoms with Gasteiger partial charge in [-0.25, -0.2) is 0 Å². The van der Waals surface area contributed by atoms with Crippen molar-refractivity contribution in [1.29, 1.82) is 0 Å². The first-order chi connectivity index (χ1) is 14.1. The van der Waals surface area contributed by atoms with Gasteiger partial charge in [0.1, 0.15) is 23.3 Å². The summed E-state index contributed by atoms with van der Waals surface area (Å²) in [6.07, 6.45) is 2.49. The van der Waals surface area contributed by atoms with Crippen LogP contribution in [0.15, 0.2) is 42.5 Å². The molecule has 0 saturated carbocycles. The fourth-order valence-corrected chi connectivity index (χ4v) is 4.11. The minimum absolute atomic E-state index is 0.307. The molecule has 2 unspecified atom stereocenters. The van der Waals surface area contributed by atoms with E-state index in [1.807, 2.05) is 49.4 Å². The van der Waals surface area contributed by atoms with Crippen molar-refractivity contribution in [2.45, 2.75) is 38.3 Å². The number of hydrogen-bond donors (Lipinski definition) is 1. The smallest absolute Gasteiger partial charge is 0.320 e. The Bertz CT molecular complexity index is 798. The number of rotatable bonds is 8. The van der Waals surface area contributed by atoms with Crippen LogP contribution in [-0.2, 0) is 4.79 Å². The largest absolute Gasteiger partial charge is 0.496 e. The third-order valence-corrected chi connectivity index (χ3v) is 5.41. The lowest BCUT2D eigenvalue weighted by Gasteiger charge is -2.40. The molecule has 0 bridgehead atoms. The van der Waals surface area contributed by atoms with Crippen molar-refractivity contribution in [3.63, 3.8) is 0 Å². The second-order valence-electron chi connectivity index (χ2n) is 7.07. The Kier molecular flexibility index (Phi) is 6.99. The molecule has 3 rings (SSSR count). The predicted molar refractivity (Wildman–Crippen MR) is 111 cm³/mol. The number of piperidine rings is 1. The molecule has 1 fully saturated rings. The highest BCUT2D eigenvalue weighted by Gasteiger charge is 2.37. The highest BCUT2D eigenvalue weighted by molar-refractivity contribution is 5.74. The van der Waals surface area contributed by atoms with Gasteiger partial charge >= 0.3 is 5.97 Å². The Morgan fingerprint density at radius 2 is 1.76 bits per heavy atom. The fraction of sp³-hybridized carbons (Fsp3) is 0.435. The van der Waals surface area contributed by atoms with Crippen LogP contribution in [0.3, 0.4) is 0 Å². The van der Waals surface area contributed by atoms with Crippen LogP contribution in [0.5, 0.6) is 17.2 Å². The van der Waals surface area contributed by atoms with Crippen LogP contribution >= 0.6 is 0 Å². The normalized spacial score (nSPS) is 18.1. The quantitative estimate of drug-likeness (QED) is 0.720. The van der Waals surface area contributed by atoms with Crippen molar-refractivity contribution in [1.82, 2.24) is 4.90 Å². The molecule has 0 amide bonds. The lowest BCUT2D eigenvalue weighted by atomic mass is 9.90. The van der Waals surface area contributed by atoms with E-state index < -0.39 is 12.0 Å². The van der Waals surface area contributed by atoms with E-state index in [1.54, 1.807) is 14.2 Å². The Balaban J connectivity index is 2.15. The number of carbonyl (C=O) groups is 1. The van der Waals surface area contributed by atoms with Gasteiger partial charge < -0.3 is 19.3 Å². The third kappa shape index (κ3) is 4.48. The maximum atomic E-state index is 12.1. The number of methoxy groups -OCH3 is 2. The zero-order valence-electron chi connectivity index (χ0n) is 17.3. The molecule has 156 valence electrons. The number of likely N-dealkylation sites (tertiary alicyclic amines) is 1. The number of carboxylic acids is 1. The lowest BCUT2D eigenvalue weighted by Crippen LogP contribution is -2.47. The SMILES string of the molecule is CCOc1ccc(C(c2c(OC)cccc2OC)N2CCCCC2C(=O)O)cc1. The number of hydrogen-bond acceptors (Lipinski definition) is 5. The molecule has 6 nitrogen and oxygen atoms in total. The summed E-state index contributed by atoms with van der Waals surface area (Å²) < 4.78 is 16.9. The molecule has 2 aromatic rings. The van der Waals surface area contributed by atoms with Crippen LogP contribution in [0.25, 0.3) is 0 Å². The number of benzene rings is 2. The van der Waals surface area contributed by atoms with Gasteiger partial charge in [0.25, 0.3) is 0 Å². The molecular formula is C23H29NO5. The predicted octanol–water partition coefficient (Wildman–Crippen LogP) is 4.13.